The number of fused-ring (bicyclic) bond motifs is 2. The van der Waals surface area contributed by atoms with Crippen LogP contribution in [0.2, 0.25) is 0 Å². The minimum atomic E-state index is -0.271. The lowest BCUT2D eigenvalue weighted by Crippen LogP contribution is -2.41. The summed E-state index contributed by atoms with van der Waals surface area (Å²) >= 11 is 0. The fraction of sp³-hybridized carbons (Fsp3) is 0.739. The standard InChI is InChI=1S/C21H31BO2.C2H6/c1-15-12-16-10-11-21(13-15,14-16)17-6-8-18(9-7-17)22-23-19(2,3)20(4,5)24-22;1-2/h6-9,15-16H,10-14H2,1-5H3;1-2H3. The van der Waals surface area contributed by atoms with Gasteiger partial charge in [0.05, 0.1) is 11.2 Å². The van der Waals surface area contributed by atoms with Crippen molar-refractivity contribution in [2.24, 2.45) is 11.8 Å². The molecule has 26 heavy (non-hydrogen) atoms. The molecule has 0 radical (unpaired) electrons. The van der Waals surface area contributed by atoms with Gasteiger partial charge < -0.3 is 9.31 Å². The number of rotatable bonds is 2. The van der Waals surface area contributed by atoms with E-state index in [1.165, 1.54) is 37.7 Å². The van der Waals surface area contributed by atoms with Crippen molar-refractivity contribution in [3.63, 3.8) is 0 Å². The monoisotopic (exact) mass is 356 g/mol. The molecule has 0 spiro atoms. The van der Waals surface area contributed by atoms with Crippen LogP contribution >= 0.6 is 0 Å². The van der Waals surface area contributed by atoms with Crippen molar-refractivity contribution in [1.82, 2.24) is 0 Å². The molecule has 3 unspecified atom stereocenters. The SMILES string of the molecule is CC.CC1CC2CCC(c3ccc(B4OC(C)(C)C(C)(C)O4)cc3)(C1)C2. The van der Waals surface area contributed by atoms with Gasteiger partial charge in [-0.3, -0.25) is 0 Å². The van der Waals surface area contributed by atoms with E-state index in [4.69, 9.17) is 9.31 Å². The van der Waals surface area contributed by atoms with Gasteiger partial charge in [0, 0.05) is 0 Å². The normalized spacial score (nSPS) is 34.3. The van der Waals surface area contributed by atoms with Crippen LogP contribution in [-0.4, -0.2) is 18.3 Å². The van der Waals surface area contributed by atoms with Gasteiger partial charge in [-0.2, -0.15) is 0 Å². The molecular formula is C23H37BO2. The molecule has 144 valence electrons. The lowest BCUT2D eigenvalue weighted by atomic mass is 9.67. The third-order valence-corrected chi connectivity index (χ3v) is 7.23. The zero-order valence-corrected chi connectivity index (χ0v) is 17.9. The number of hydrogen-bond donors (Lipinski definition) is 0. The second-order valence-corrected chi connectivity index (χ2v) is 9.64. The van der Waals surface area contributed by atoms with Crippen LogP contribution in [0.15, 0.2) is 24.3 Å². The van der Waals surface area contributed by atoms with Gasteiger partial charge in [0.1, 0.15) is 0 Å². The Morgan fingerprint density at radius 3 is 2.08 bits per heavy atom. The van der Waals surface area contributed by atoms with Crippen LogP contribution in [0.5, 0.6) is 0 Å². The molecule has 3 heteroatoms. The van der Waals surface area contributed by atoms with Crippen LogP contribution in [0.1, 0.15) is 86.1 Å². The average Bonchev–Trinajstić information content (AvgIpc) is 3.02. The second kappa shape index (κ2) is 6.98. The van der Waals surface area contributed by atoms with E-state index < -0.39 is 0 Å². The van der Waals surface area contributed by atoms with Crippen LogP contribution in [0.25, 0.3) is 0 Å². The van der Waals surface area contributed by atoms with Gasteiger partial charge in [-0.25, -0.2) is 0 Å². The summed E-state index contributed by atoms with van der Waals surface area (Å²) in [5, 5.41) is 0. The van der Waals surface area contributed by atoms with Crippen molar-refractivity contribution in [3.8, 4) is 0 Å². The summed E-state index contributed by atoms with van der Waals surface area (Å²) in [5.41, 5.74) is 2.58. The van der Waals surface area contributed by atoms with E-state index in [1.807, 2.05) is 13.8 Å². The molecule has 1 aromatic rings. The molecule has 1 saturated heterocycles. The van der Waals surface area contributed by atoms with Crippen LogP contribution in [0.4, 0.5) is 0 Å². The fourth-order valence-electron chi connectivity index (χ4n) is 5.30. The minimum Gasteiger partial charge on any atom is -0.399 e. The van der Waals surface area contributed by atoms with E-state index in [2.05, 4.69) is 58.9 Å². The van der Waals surface area contributed by atoms with Gasteiger partial charge in [-0.1, -0.05) is 45.0 Å². The van der Waals surface area contributed by atoms with Crippen LogP contribution in [0, 0.1) is 11.8 Å². The highest BCUT2D eigenvalue weighted by Crippen LogP contribution is 2.54. The molecule has 0 aromatic heterocycles. The highest BCUT2D eigenvalue weighted by Gasteiger charge is 2.52. The van der Waals surface area contributed by atoms with Crippen molar-refractivity contribution >= 4 is 12.6 Å². The Balaban J connectivity index is 0.000000948. The molecule has 2 saturated carbocycles. The first-order valence-corrected chi connectivity index (χ1v) is 10.7. The summed E-state index contributed by atoms with van der Waals surface area (Å²) < 4.78 is 12.4. The molecule has 2 bridgehead atoms. The second-order valence-electron chi connectivity index (χ2n) is 9.64. The lowest BCUT2D eigenvalue weighted by Gasteiger charge is -2.37. The quantitative estimate of drug-likeness (QED) is 0.653. The molecule has 0 amide bonds. The summed E-state index contributed by atoms with van der Waals surface area (Å²) in [4.78, 5) is 0. The molecule has 3 aliphatic rings. The Morgan fingerprint density at radius 1 is 0.923 bits per heavy atom. The third kappa shape index (κ3) is 3.38. The smallest absolute Gasteiger partial charge is 0.399 e. The highest BCUT2D eigenvalue weighted by atomic mass is 16.7. The summed E-state index contributed by atoms with van der Waals surface area (Å²) in [6.45, 7) is 14.9. The Labute approximate surface area is 161 Å². The summed E-state index contributed by atoms with van der Waals surface area (Å²) in [6.07, 6.45) is 6.99. The number of benzene rings is 1. The summed E-state index contributed by atoms with van der Waals surface area (Å²) in [7, 11) is -0.247. The van der Waals surface area contributed by atoms with Crippen molar-refractivity contribution in [3.05, 3.63) is 29.8 Å². The van der Waals surface area contributed by atoms with Crippen LogP contribution in [-0.2, 0) is 14.7 Å². The van der Waals surface area contributed by atoms with Gasteiger partial charge in [0.15, 0.2) is 0 Å². The Kier molecular flexibility index (Phi) is 5.36. The Hall–Kier alpha value is -0.795. The molecule has 0 N–H and O–H groups in total. The van der Waals surface area contributed by atoms with Crippen molar-refractivity contribution in [2.45, 2.75) is 97.2 Å². The molecule has 3 fully saturated rings. The average molecular weight is 356 g/mol. The maximum Gasteiger partial charge on any atom is 0.494 e. The molecule has 1 aromatic carbocycles. The molecular weight excluding hydrogens is 319 g/mol. The molecule has 1 heterocycles. The molecule has 2 nitrogen and oxygen atoms in total. The van der Waals surface area contributed by atoms with Gasteiger partial charge in [0.25, 0.3) is 0 Å². The first-order chi connectivity index (χ1) is 12.2. The Morgan fingerprint density at radius 2 is 1.50 bits per heavy atom. The third-order valence-electron chi connectivity index (χ3n) is 7.23. The van der Waals surface area contributed by atoms with E-state index in [9.17, 15) is 0 Å². The van der Waals surface area contributed by atoms with E-state index in [-0.39, 0.29) is 18.3 Å². The topological polar surface area (TPSA) is 18.5 Å². The zero-order chi connectivity index (χ0) is 19.2. The lowest BCUT2D eigenvalue weighted by molar-refractivity contribution is 0.00578. The van der Waals surface area contributed by atoms with Crippen molar-refractivity contribution in [1.29, 1.82) is 0 Å². The molecule has 2 aliphatic carbocycles. The van der Waals surface area contributed by atoms with Gasteiger partial charge in [-0.05, 0) is 88.1 Å². The van der Waals surface area contributed by atoms with Crippen molar-refractivity contribution < 1.29 is 9.31 Å². The van der Waals surface area contributed by atoms with Crippen LogP contribution < -0.4 is 5.46 Å². The highest BCUT2D eigenvalue weighted by molar-refractivity contribution is 6.62. The zero-order valence-electron chi connectivity index (χ0n) is 17.9. The van der Waals surface area contributed by atoms with E-state index in [0.29, 0.717) is 5.41 Å². The molecule has 1 aliphatic heterocycles. The van der Waals surface area contributed by atoms with Gasteiger partial charge in [0.2, 0.25) is 0 Å². The first-order valence-electron chi connectivity index (χ1n) is 10.7. The Bertz CT molecular complexity index is 606. The van der Waals surface area contributed by atoms with Gasteiger partial charge >= 0.3 is 7.12 Å². The maximum atomic E-state index is 6.19. The first kappa shape index (κ1) is 20.0. The summed E-state index contributed by atoms with van der Waals surface area (Å²) in [6, 6.07) is 9.17. The number of hydrogen-bond acceptors (Lipinski definition) is 2. The van der Waals surface area contributed by atoms with E-state index in [1.54, 1.807) is 0 Å². The minimum absolute atomic E-state index is 0.247. The van der Waals surface area contributed by atoms with Crippen LogP contribution in [0.3, 0.4) is 0 Å². The van der Waals surface area contributed by atoms with E-state index in [0.717, 1.165) is 17.3 Å². The molecule has 3 atom stereocenters. The summed E-state index contributed by atoms with van der Waals surface area (Å²) in [5.74, 6) is 1.82. The largest absolute Gasteiger partial charge is 0.494 e. The fourth-order valence-corrected chi connectivity index (χ4v) is 5.30. The predicted octanol–water partition coefficient (Wildman–Crippen LogP) is 5.48. The predicted molar refractivity (Wildman–Crippen MR) is 111 cm³/mol. The van der Waals surface area contributed by atoms with Gasteiger partial charge in [-0.15, -0.1) is 0 Å². The van der Waals surface area contributed by atoms with E-state index >= 15 is 0 Å². The molecule has 4 rings (SSSR count). The maximum absolute atomic E-state index is 6.19. The van der Waals surface area contributed by atoms with Crippen molar-refractivity contribution in [2.75, 3.05) is 0 Å².